The molecule has 1 amide bonds. The zero-order chi connectivity index (χ0) is 19.1. The molecule has 2 rings (SSSR count). The van der Waals surface area contributed by atoms with Gasteiger partial charge in [-0.2, -0.15) is 0 Å². The van der Waals surface area contributed by atoms with Gasteiger partial charge in [-0.05, 0) is 56.0 Å². The van der Waals surface area contributed by atoms with Gasteiger partial charge in [-0.25, -0.2) is 9.78 Å². The number of aryl methyl sites for hydroxylation is 3. The third-order valence-electron chi connectivity index (χ3n) is 3.90. The molecular formula is C20H23ClN2O3. The van der Waals surface area contributed by atoms with Crippen molar-refractivity contribution in [1.82, 2.24) is 4.98 Å². The first-order valence-corrected chi connectivity index (χ1v) is 8.98. The van der Waals surface area contributed by atoms with Crippen LogP contribution in [-0.4, -0.2) is 23.5 Å². The lowest BCUT2D eigenvalue weighted by molar-refractivity contribution is -0.119. The zero-order valence-electron chi connectivity index (χ0n) is 15.3. The van der Waals surface area contributed by atoms with Gasteiger partial charge < -0.3 is 10.1 Å². The lowest BCUT2D eigenvalue weighted by Gasteiger charge is -2.10. The summed E-state index contributed by atoms with van der Waals surface area (Å²) in [6.45, 7) is 5.30. The second-order valence-electron chi connectivity index (χ2n) is 6.17. The minimum absolute atomic E-state index is 0.0792. The Morgan fingerprint density at radius 1 is 1.19 bits per heavy atom. The molecule has 0 aliphatic carbocycles. The van der Waals surface area contributed by atoms with E-state index in [-0.39, 0.29) is 17.3 Å². The van der Waals surface area contributed by atoms with Gasteiger partial charge >= 0.3 is 5.97 Å². The summed E-state index contributed by atoms with van der Waals surface area (Å²) in [5.74, 6) is -1.07. The number of amides is 1. The number of ether oxygens (including phenoxy) is 1. The normalized spacial score (nSPS) is 10.5. The fourth-order valence-corrected chi connectivity index (χ4v) is 2.93. The molecule has 0 saturated heterocycles. The number of hydrogen-bond acceptors (Lipinski definition) is 4. The summed E-state index contributed by atoms with van der Waals surface area (Å²) in [5, 5.41) is 2.78. The van der Waals surface area contributed by atoms with E-state index in [0.717, 1.165) is 19.3 Å². The Morgan fingerprint density at radius 3 is 2.50 bits per heavy atom. The van der Waals surface area contributed by atoms with Gasteiger partial charge in [0.05, 0.1) is 5.56 Å². The summed E-state index contributed by atoms with van der Waals surface area (Å²) >= 11 is 6.01. The van der Waals surface area contributed by atoms with Crippen LogP contribution in [0.15, 0.2) is 30.3 Å². The lowest BCUT2D eigenvalue weighted by atomic mass is 10.1. The maximum atomic E-state index is 12.2. The van der Waals surface area contributed by atoms with Gasteiger partial charge in [0.25, 0.3) is 5.91 Å². The van der Waals surface area contributed by atoms with Crippen molar-refractivity contribution in [1.29, 1.82) is 0 Å². The molecular weight excluding hydrogens is 352 g/mol. The van der Waals surface area contributed by atoms with Crippen LogP contribution in [-0.2, 0) is 16.0 Å². The number of unbranched alkanes of at least 4 members (excludes halogenated alkanes) is 1. The van der Waals surface area contributed by atoms with Gasteiger partial charge in [0.15, 0.2) is 6.61 Å². The topological polar surface area (TPSA) is 68.3 Å². The molecule has 0 bridgehead atoms. The van der Waals surface area contributed by atoms with Crippen molar-refractivity contribution in [2.75, 3.05) is 11.9 Å². The number of esters is 1. The van der Waals surface area contributed by atoms with E-state index in [1.807, 2.05) is 24.3 Å². The van der Waals surface area contributed by atoms with E-state index in [1.165, 1.54) is 5.56 Å². The minimum atomic E-state index is -0.662. The van der Waals surface area contributed by atoms with Gasteiger partial charge in [-0.15, -0.1) is 0 Å². The molecule has 1 N–H and O–H groups in total. The Morgan fingerprint density at radius 2 is 1.88 bits per heavy atom. The van der Waals surface area contributed by atoms with Crippen LogP contribution < -0.4 is 5.32 Å². The highest BCUT2D eigenvalue weighted by atomic mass is 35.5. The van der Waals surface area contributed by atoms with Crippen LogP contribution in [0.25, 0.3) is 0 Å². The van der Waals surface area contributed by atoms with Crippen LogP contribution in [0.5, 0.6) is 0 Å². The fourth-order valence-electron chi connectivity index (χ4n) is 2.57. The van der Waals surface area contributed by atoms with Crippen molar-refractivity contribution in [3.63, 3.8) is 0 Å². The van der Waals surface area contributed by atoms with E-state index >= 15 is 0 Å². The average molecular weight is 375 g/mol. The number of rotatable bonds is 7. The van der Waals surface area contributed by atoms with Crippen molar-refractivity contribution in [2.24, 2.45) is 0 Å². The molecule has 1 heterocycles. The van der Waals surface area contributed by atoms with Gasteiger partial charge in [-0.1, -0.05) is 37.1 Å². The molecule has 0 saturated carbocycles. The molecule has 0 radical (unpaired) electrons. The number of aromatic nitrogens is 1. The Kier molecular flexibility index (Phi) is 7.16. The van der Waals surface area contributed by atoms with Crippen molar-refractivity contribution < 1.29 is 14.3 Å². The highest BCUT2D eigenvalue weighted by Crippen LogP contribution is 2.19. The molecule has 0 fully saturated rings. The molecule has 0 unspecified atom stereocenters. The van der Waals surface area contributed by atoms with Crippen LogP contribution in [0.2, 0.25) is 5.15 Å². The van der Waals surface area contributed by atoms with Crippen LogP contribution in [0, 0.1) is 13.8 Å². The first-order chi connectivity index (χ1) is 12.4. The lowest BCUT2D eigenvalue weighted by Crippen LogP contribution is -2.21. The predicted octanol–water partition coefficient (Wildman–Crippen LogP) is 4.49. The number of pyridine rings is 1. The summed E-state index contributed by atoms with van der Waals surface area (Å²) in [4.78, 5) is 28.2. The number of anilines is 1. The number of benzene rings is 1. The van der Waals surface area contributed by atoms with Crippen molar-refractivity contribution in [2.45, 2.75) is 40.0 Å². The molecule has 138 valence electrons. The minimum Gasteiger partial charge on any atom is -0.452 e. The summed E-state index contributed by atoms with van der Waals surface area (Å²) in [5.41, 5.74) is 3.45. The first-order valence-electron chi connectivity index (χ1n) is 8.60. The summed E-state index contributed by atoms with van der Waals surface area (Å²) in [6, 6.07) is 9.39. The third-order valence-corrected chi connectivity index (χ3v) is 4.17. The van der Waals surface area contributed by atoms with Crippen LogP contribution in [0.3, 0.4) is 0 Å². The van der Waals surface area contributed by atoms with E-state index in [0.29, 0.717) is 16.9 Å². The first kappa shape index (κ1) is 19.9. The maximum absolute atomic E-state index is 12.2. The van der Waals surface area contributed by atoms with Crippen molar-refractivity contribution in [3.05, 3.63) is 57.9 Å². The fraction of sp³-hybridized carbons (Fsp3) is 0.350. The van der Waals surface area contributed by atoms with E-state index in [2.05, 4.69) is 17.2 Å². The number of hydrogen-bond donors (Lipinski definition) is 1. The van der Waals surface area contributed by atoms with Crippen molar-refractivity contribution in [3.8, 4) is 0 Å². The Balaban J connectivity index is 1.89. The molecule has 0 spiro atoms. The van der Waals surface area contributed by atoms with Gasteiger partial charge in [0, 0.05) is 11.4 Å². The molecule has 0 aliphatic rings. The Hall–Kier alpha value is -2.40. The second kappa shape index (κ2) is 9.34. The predicted molar refractivity (Wildman–Crippen MR) is 103 cm³/mol. The largest absolute Gasteiger partial charge is 0.452 e. The third kappa shape index (κ3) is 5.56. The number of nitrogens with one attached hydrogen (secondary N) is 1. The van der Waals surface area contributed by atoms with E-state index in [9.17, 15) is 9.59 Å². The van der Waals surface area contributed by atoms with Crippen molar-refractivity contribution >= 4 is 29.2 Å². The highest BCUT2D eigenvalue weighted by molar-refractivity contribution is 6.32. The molecule has 0 aliphatic heterocycles. The van der Waals surface area contributed by atoms with Crippen LogP contribution in [0.4, 0.5) is 5.69 Å². The molecule has 26 heavy (non-hydrogen) atoms. The highest BCUT2D eigenvalue weighted by Gasteiger charge is 2.18. The van der Waals surface area contributed by atoms with Gasteiger partial charge in [0.2, 0.25) is 0 Å². The monoisotopic (exact) mass is 374 g/mol. The van der Waals surface area contributed by atoms with E-state index < -0.39 is 11.9 Å². The second-order valence-corrected chi connectivity index (χ2v) is 6.53. The Bertz CT molecular complexity index is 765. The van der Waals surface area contributed by atoms with Crippen LogP contribution >= 0.6 is 11.6 Å². The molecule has 2 aromatic rings. The molecule has 1 aromatic heterocycles. The smallest absolute Gasteiger partial charge is 0.342 e. The molecule has 6 heteroatoms. The molecule has 0 atom stereocenters. The molecule has 5 nitrogen and oxygen atoms in total. The number of carbonyl (C=O) groups excluding carboxylic acids is 2. The molecule has 1 aromatic carbocycles. The average Bonchev–Trinajstić information content (AvgIpc) is 2.58. The Labute approximate surface area is 158 Å². The van der Waals surface area contributed by atoms with Gasteiger partial charge in [0.1, 0.15) is 5.15 Å². The van der Waals surface area contributed by atoms with E-state index in [1.54, 1.807) is 19.9 Å². The van der Waals surface area contributed by atoms with Crippen LogP contribution in [0.1, 0.15) is 46.9 Å². The quantitative estimate of drug-likeness (QED) is 0.572. The summed E-state index contributed by atoms with van der Waals surface area (Å²) < 4.78 is 5.07. The number of nitrogens with zero attached hydrogens (tertiary/aromatic N) is 1. The SMILES string of the molecule is CCCCc1ccc(NC(=O)COC(=O)c2c(C)cc(C)nc2Cl)cc1. The van der Waals surface area contributed by atoms with E-state index in [4.69, 9.17) is 16.3 Å². The number of halogens is 1. The van der Waals surface area contributed by atoms with Gasteiger partial charge in [-0.3, -0.25) is 4.79 Å². The summed E-state index contributed by atoms with van der Waals surface area (Å²) in [7, 11) is 0. The standard InChI is InChI=1S/C20H23ClN2O3/c1-4-5-6-15-7-9-16(10-8-15)23-17(24)12-26-20(25)18-13(2)11-14(3)22-19(18)21/h7-11H,4-6,12H2,1-3H3,(H,23,24). The number of carbonyl (C=O) groups is 2. The summed E-state index contributed by atoms with van der Waals surface area (Å²) in [6.07, 6.45) is 3.30. The zero-order valence-corrected chi connectivity index (χ0v) is 16.0. The maximum Gasteiger partial charge on any atom is 0.342 e.